The molecule has 0 aliphatic carbocycles. The van der Waals surface area contributed by atoms with E-state index in [2.05, 4.69) is 25.3 Å². The lowest BCUT2D eigenvalue weighted by molar-refractivity contribution is -0.274. The Morgan fingerprint density at radius 1 is 1.05 bits per heavy atom. The van der Waals surface area contributed by atoms with Gasteiger partial charge in [-0.15, -0.1) is 13.2 Å². The summed E-state index contributed by atoms with van der Waals surface area (Å²) >= 11 is 0. The Kier molecular flexibility index (Phi) is 8.50. The number of alkyl halides is 3. The molecule has 42 heavy (non-hydrogen) atoms. The van der Waals surface area contributed by atoms with Crippen molar-refractivity contribution in [2.24, 2.45) is 0 Å². The molecule has 0 saturated heterocycles. The van der Waals surface area contributed by atoms with Crippen molar-refractivity contribution in [1.82, 2.24) is 14.9 Å². The maximum atomic E-state index is 13.1. The summed E-state index contributed by atoms with van der Waals surface area (Å²) in [5.74, 6) is -1.33. The van der Waals surface area contributed by atoms with E-state index in [4.69, 9.17) is 4.42 Å². The molecule has 0 saturated carbocycles. The van der Waals surface area contributed by atoms with Crippen LogP contribution in [0.25, 0.3) is 10.9 Å². The van der Waals surface area contributed by atoms with Crippen LogP contribution in [0.1, 0.15) is 35.5 Å². The van der Waals surface area contributed by atoms with Gasteiger partial charge in [-0.05, 0) is 74.9 Å². The molecule has 13 heteroatoms. The van der Waals surface area contributed by atoms with Gasteiger partial charge in [-0.2, -0.15) is 4.98 Å². The molecule has 0 aliphatic heterocycles. The van der Waals surface area contributed by atoms with E-state index in [1.54, 1.807) is 38.9 Å². The quantitative estimate of drug-likeness (QED) is 0.284. The highest BCUT2D eigenvalue weighted by Crippen LogP contribution is 2.26. The molecule has 4 aromatic rings. The van der Waals surface area contributed by atoms with Crippen LogP contribution >= 0.6 is 0 Å². The van der Waals surface area contributed by atoms with Crippen LogP contribution in [0, 0.1) is 6.92 Å². The molecule has 0 aliphatic rings. The second-order valence-corrected chi connectivity index (χ2v) is 10.0. The minimum Gasteiger partial charge on any atom is -0.406 e. The Morgan fingerprint density at radius 2 is 1.76 bits per heavy atom. The van der Waals surface area contributed by atoms with Gasteiger partial charge in [0.05, 0.1) is 10.9 Å². The SMILES string of the molecule is Cc1c(NC(=O)c2ccc(OC(F)(F)F)cc2)ccc2nc(NC(C)(C)C(=O)N(C)CCc3ccccn3)oc(=O)c12. The summed E-state index contributed by atoms with van der Waals surface area (Å²) in [6.45, 7) is 5.30. The lowest BCUT2D eigenvalue weighted by Crippen LogP contribution is -2.49. The van der Waals surface area contributed by atoms with E-state index >= 15 is 0 Å². The van der Waals surface area contributed by atoms with Gasteiger partial charge in [0, 0.05) is 43.2 Å². The summed E-state index contributed by atoms with van der Waals surface area (Å²) in [4.78, 5) is 49.0. The van der Waals surface area contributed by atoms with Crippen molar-refractivity contribution in [3.8, 4) is 5.75 Å². The van der Waals surface area contributed by atoms with Gasteiger partial charge >= 0.3 is 12.0 Å². The molecule has 0 unspecified atom stereocenters. The summed E-state index contributed by atoms with van der Waals surface area (Å²) in [7, 11) is 1.67. The van der Waals surface area contributed by atoms with Crippen LogP contribution in [-0.4, -0.2) is 52.2 Å². The Balaban J connectivity index is 1.47. The molecule has 0 radical (unpaired) electrons. The first-order valence-corrected chi connectivity index (χ1v) is 12.8. The van der Waals surface area contributed by atoms with Gasteiger partial charge in [0.15, 0.2) is 0 Å². The molecule has 2 heterocycles. The maximum Gasteiger partial charge on any atom is 0.573 e. The van der Waals surface area contributed by atoms with E-state index < -0.39 is 29.2 Å². The average molecular weight is 584 g/mol. The van der Waals surface area contributed by atoms with Crippen LogP contribution in [0.4, 0.5) is 24.9 Å². The summed E-state index contributed by atoms with van der Waals surface area (Å²) < 4.78 is 46.4. The Labute approximate surface area is 238 Å². The summed E-state index contributed by atoms with van der Waals surface area (Å²) in [5, 5.41) is 5.65. The zero-order valence-electron chi connectivity index (χ0n) is 23.2. The van der Waals surface area contributed by atoms with Gasteiger partial charge in [-0.1, -0.05) is 6.07 Å². The third kappa shape index (κ3) is 7.22. The number of carbonyl (C=O) groups excluding carboxylic acids is 2. The number of rotatable bonds is 9. The number of benzene rings is 2. The second kappa shape index (κ2) is 11.9. The standard InChI is InChI=1S/C29H28F3N5O5/c1-17-21(34-24(38)18-8-10-20(11-9-18)42-29(30,31)32)12-13-22-23(17)25(39)41-27(35-22)36-28(2,3)26(40)37(4)16-14-19-7-5-6-15-33-19/h5-13,15H,14,16H2,1-4H3,(H,34,38)(H,35,36). The Bertz CT molecular complexity index is 1660. The molecule has 220 valence electrons. The number of aromatic nitrogens is 2. The minimum absolute atomic E-state index is 0.0747. The second-order valence-electron chi connectivity index (χ2n) is 10.0. The van der Waals surface area contributed by atoms with Gasteiger partial charge < -0.3 is 24.7 Å². The summed E-state index contributed by atoms with van der Waals surface area (Å²) in [6.07, 6.45) is -2.59. The fourth-order valence-corrected chi connectivity index (χ4v) is 4.24. The van der Waals surface area contributed by atoms with E-state index in [1.807, 2.05) is 18.2 Å². The maximum absolute atomic E-state index is 13.1. The van der Waals surface area contributed by atoms with E-state index in [0.29, 0.717) is 18.5 Å². The molecular weight excluding hydrogens is 555 g/mol. The van der Waals surface area contributed by atoms with Crippen molar-refractivity contribution in [3.05, 3.63) is 88.0 Å². The van der Waals surface area contributed by atoms with E-state index in [1.165, 1.54) is 24.3 Å². The average Bonchev–Trinajstić information content (AvgIpc) is 2.92. The fraction of sp³-hybridized carbons (Fsp3) is 0.276. The molecule has 2 amide bonds. The van der Waals surface area contributed by atoms with Gasteiger partial charge in [0.25, 0.3) is 11.9 Å². The number of amides is 2. The molecule has 4 rings (SSSR count). The molecule has 10 nitrogen and oxygen atoms in total. The van der Waals surface area contributed by atoms with Gasteiger partial charge in [0.1, 0.15) is 11.3 Å². The van der Waals surface area contributed by atoms with Crippen molar-refractivity contribution in [2.75, 3.05) is 24.2 Å². The van der Waals surface area contributed by atoms with Crippen LogP contribution in [0.3, 0.4) is 0 Å². The molecule has 0 atom stereocenters. The van der Waals surface area contributed by atoms with Crippen molar-refractivity contribution in [1.29, 1.82) is 0 Å². The van der Waals surface area contributed by atoms with Crippen molar-refractivity contribution in [2.45, 2.75) is 39.1 Å². The molecule has 0 bridgehead atoms. The number of ether oxygens (including phenoxy) is 1. The minimum atomic E-state index is -4.85. The lowest BCUT2D eigenvalue weighted by atomic mass is 10.0. The molecule has 0 fully saturated rings. The van der Waals surface area contributed by atoms with E-state index in [9.17, 15) is 27.6 Å². The molecule has 2 aromatic carbocycles. The van der Waals surface area contributed by atoms with Crippen LogP contribution in [-0.2, 0) is 11.2 Å². The monoisotopic (exact) mass is 583 g/mol. The third-order valence-electron chi connectivity index (χ3n) is 6.39. The Hall–Kier alpha value is -4.94. The molecule has 2 N–H and O–H groups in total. The van der Waals surface area contributed by atoms with E-state index in [-0.39, 0.29) is 34.1 Å². The van der Waals surface area contributed by atoms with Crippen molar-refractivity contribution >= 4 is 34.4 Å². The number of aryl methyl sites for hydroxylation is 1. The molecule has 0 spiro atoms. The van der Waals surface area contributed by atoms with Gasteiger partial charge in [-0.3, -0.25) is 14.6 Å². The number of fused-ring (bicyclic) bond motifs is 1. The van der Waals surface area contributed by atoms with Crippen molar-refractivity contribution in [3.63, 3.8) is 0 Å². The first kappa shape index (κ1) is 30.0. The van der Waals surface area contributed by atoms with Crippen LogP contribution < -0.4 is 21.0 Å². The number of nitrogens with zero attached hydrogens (tertiary/aromatic N) is 3. The fourth-order valence-electron chi connectivity index (χ4n) is 4.24. The van der Waals surface area contributed by atoms with E-state index in [0.717, 1.165) is 17.8 Å². The zero-order chi connectivity index (χ0) is 30.7. The predicted octanol–water partition coefficient (Wildman–Crippen LogP) is 4.93. The highest BCUT2D eigenvalue weighted by molar-refractivity contribution is 6.06. The zero-order valence-corrected chi connectivity index (χ0v) is 23.2. The number of carbonyl (C=O) groups is 2. The predicted molar refractivity (Wildman–Crippen MR) is 149 cm³/mol. The lowest BCUT2D eigenvalue weighted by Gasteiger charge is -2.30. The topological polar surface area (TPSA) is 127 Å². The third-order valence-corrected chi connectivity index (χ3v) is 6.39. The van der Waals surface area contributed by atoms with Gasteiger partial charge in [-0.25, -0.2) is 4.79 Å². The largest absolute Gasteiger partial charge is 0.573 e. The first-order valence-electron chi connectivity index (χ1n) is 12.8. The smallest absolute Gasteiger partial charge is 0.406 e. The van der Waals surface area contributed by atoms with Crippen LogP contribution in [0.2, 0.25) is 0 Å². The highest BCUT2D eigenvalue weighted by atomic mass is 19.4. The van der Waals surface area contributed by atoms with Gasteiger partial charge in [0.2, 0.25) is 5.91 Å². The number of hydrogen-bond acceptors (Lipinski definition) is 8. The van der Waals surface area contributed by atoms with Crippen LogP contribution in [0.15, 0.2) is 70.0 Å². The number of halogens is 3. The molecule has 2 aromatic heterocycles. The number of nitrogens with one attached hydrogen (secondary N) is 2. The Morgan fingerprint density at radius 3 is 2.40 bits per heavy atom. The number of hydrogen-bond donors (Lipinski definition) is 2. The molecular formula is C29H28F3N5O5. The summed E-state index contributed by atoms with van der Waals surface area (Å²) in [5.41, 5.74) is -0.0615. The normalized spacial score (nSPS) is 11.7. The number of likely N-dealkylation sites (N-methyl/N-ethyl adjacent to an activating group) is 1. The number of pyridine rings is 1. The first-order chi connectivity index (χ1) is 19.7. The number of anilines is 2. The summed E-state index contributed by atoms with van der Waals surface area (Å²) in [6, 6.07) is 12.9. The van der Waals surface area contributed by atoms with Crippen molar-refractivity contribution < 1.29 is 31.9 Å². The van der Waals surface area contributed by atoms with Crippen LogP contribution in [0.5, 0.6) is 5.75 Å². The highest BCUT2D eigenvalue weighted by Gasteiger charge is 2.32.